The van der Waals surface area contributed by atoms with E-state index in [1.165, 1.54) is 16.3 Å². The van der Waals surface area contributed by atoms with E-state index in [4.69, 9.17) is 0 Å². The van der Waals surface area contributed by atoms with E-state index < -0.39 is 0 Å². The summed E-state index contributed by atoms with van der Waals surface area (Å²) < 4.78 is 0. The Morgan fingerprint density at radius 3 is 2.88 bits per heavy atom. The summed E-state index contributed by atoms with van der Waals surface area (Å²) in [7, 11) is 0. The van der Waals surface area contributed by atoms with Crippen molar-refractivity contribution in [1.82, 2.24) is 5.32 Å². The lowest BCUT2D eigenvalue weighted by molar-refractivity contribution is 0.603. The van der Waals surface area contributed by atoms with Crippen molar-refractivity contribution < 1.29 is 0 Å². The third-order valence-electron chi connectivity index (χ3n) is 3.02. The molecule has 0 unspecified atom stereocenters. The third-order valence-corrected chi connectivity index (χ3v) is 3.02. The highest BCUT2D eigenvalue weighted by Gasteiger charge is 2.11. The van der Waals surface area contributed by atoms with Crippen LogP contribution in [-0.2, 0) is 6.42 Å². The topological polar surface area (TPSA) is 24.4 Å². The molecule has 16 heavy (non-hydrogen) atoms. The Morgan fingerprint density at radius 1 is 1.12 bits per heavy atom. The predicted molar refractivity (Wildman–Crippen MR) is 67.9 cm³/mol. The van der Waals surface area contributed by atoms with Crippen LogP contribution in [0.25, 0.3) is 10.8 Å². The first-order chi connectivity index (χ1) is 7.93. The molecule has 1 atom stereocenters. The molecule has 0 aromatic heterocycles. The van der Waals surface area contributed by atoms with Gasteiger partial charge in [0.15, 0.2) is 0 Å². The highest BCUT2D eigenvalue weighted by molar-refractivity contribution is 5.85. The minimum Gasteiger partial charge on any atom is -0.290 e. The van der Waals surface area contributed by atoms with Gasteiger partial charge in [0.2, 0.25) is 0 Å². The van der Waals surface area contributed by atoms with Gasteiger partial charge in [-0.3, -0.25) is 10.3 Å². The summed E-state index contributed by atoms with van der Waals surface area (Å²) in [5.74, 6) is 0. The molecule has 0 saturated carbocycles. The Labute approximate surface area is 95.0 Å². The maximum Gasteiger partial charge on any atom is 0.103 e. The van der Waals surface area contributed by atoms with Crippen LogP contribution in [0.2, 0.25) is 0 Å². The minimum absolute atomic E-state index is 0.255. The van der Waals surface area contributed by atoms with Gasteiger partial charge < -0.3 is 0 Å². The lowest BCUT2D eigenvalue weighted by Crippen LogP contribution is -2.24. The zero-order valence-electron chi connectivity index (χ0n) is 9.06. The SMILES string of the molecule is C1=N[C@@H](Cc2cccc3ccccc23)NC1. The van der Waals surface area contributed by atoms with Gasteiger partial charge in [0.1, 0.15) is 6.17 Å². The summed E-state index contributed by atoms with van der Waals surface area (Å²) in [5.41, 5.74) is 1.37. The molecule has 1 aliphatic heterocycles. The second-order valence-corrected chi connectivity index (χ2v) is 4.10. The molecule has 0 fully saturated rings. The first kappa shape index (κ1) is 9.55. The van der Waals surface area contributed by atoms with Crippen molar-refractivity contribution in [3.8, 4) is 0 Å². The number of nitrogens with one attached hydrogen (secondary N) is 1. The average Bonchev–Trinajstić information content (AvgIpc) is 2.82. The molecule has 0 amide bonds. The van der Waals surface area contributed by atoms with Gasteiger partial charge in [0, 0.05) is 19.2 Å². The van der Waals surface area contributed by atoms with E-state index in [1.807, 2.05) is 6.21 Å². The summed E-state index contributed by atoms with van der Waals surface area (Å²) in [6.45, 7) is 0.898. The molecule has 2 nitrogen and oxygen atoms in total. The summed E-state index contributed by atoms with van der Waals surface area (Å²) in [6.07, 6.45) is 3.18. The van der Waals surface area contributed by atoms with E-state index in [-0.39, 0.29) is 6.17 Å². The Hall–Kier alpha value is -1.67. The minimum atomic E-state index is 0.255. The molecule has 0 saturated heterocycles. The third kappa shape index (κ3) is 1.72. The van der Waals surface area contributed by atoms with E-state index >= 15 is 0 Å². The molecule has 2 aromatic carbocycles. The Kier molecular flexibility index (Phi) is 2.43. The van der Waals surface area contributed by atoms with E-state index in [0.29, 0.717) is 0 Å². The molecule has 0 radical (unpaired) electrons. The van der Waals surface area contributed by atoms with E-state index in [9.17, 15) is 0 Å². The van der Waals surface area contributed by atoms with Crippen LogP contribution in [0.5, 0.6) is 0 Å². The van der Waals surface area contributed by atoms with Crippen LogP contribution in [0.3, 0.4) is 0 Å². The fraction of sp³-hybridized carbons (Fsp3) is 0.214. The van der Waals surface area contributed by atoms with Gasteiger partial charge in [0.05, 0.1) is 0 Å². The fourth-order valence-electron chi connectivity index (χ4n) is 2.23. The molecule has 0 spiro atoms. The van der Waals surface area contributed by atoms with Crippen molar-refractivity contribution in [2.24, 2.45) is 4.99 Å². The molecule has 0 bridgehead atoms. The number of rotatable bonds is 2. The van der Waals surface area contributed by atoms with E-state index in [1.54, 1.807) is 0 Å². The number of fused-ring (bicyclic) bond motifs is 1. The van der Waals surface area contributed by atoms with Crippen LogP contribution < -0.4 is 5.32 Å². The monoisotopic (exact) mass is 210 g/mol. The summed E-state index contributed by atoms with van der Waals surface area (Å²) in [4.78, 5) is 4.40. The van der Waals surface area contributed by atoms with Crippen LogP contribution in [0.15, 0.2) is 47.5 Å². The standard InChI is InChI=1S/C14H14N2/c1-2-7-13-11(4-1)5-3-6-12(13)10-14-15-8-9-16-14/h1-8,14,16H,9-10H2/t14-/m1/s1. The summed E-state index contributed by atoms with van der Waals surface area (Å²) in [5, 5.41) is 6.00. The number of hydrogen-bond donors (Lipinski definition) is 1. The average molecular weight is 210 g/mol. The molecule has 2 aromatic rings. The predicted octanol–water partition coefficient (Wildman–Crippen LogP) is 2.38. The van der Waals surface area contributed by atoms with Crippen LogP contribution in [0.4, 0.5) is 0 Å². The van der Waals surface area contributed by atoms with Crippen LogP contribution in [0.1, 0.15) is 5.56 Å². The summed E-state index contributed by atoms with van der Waals surface area (Å²) in [6, 6.07) is 15.0. The van der Waals surface area contributed by atoms with Gasteiger partial charge >= 0.3 is 0 Å². The molecular formula is C14H14N2. The van der Waals surface area contributed by atoms with Crippen molar-refractivity contribution in [2.75, 3.05) is 6.54 Å². The zero-order chi connectivity index (χ0) is 10.8. The first-order valence-electron chi connectivity index (χ1n) is 5.65. The fourth-order valence-corrected chi connectivity index (χ4v) is 2.23. The number of benzene rings is 2. The lowest BCUT2D eigenvalue weighted by Gasteiger charge is -2.10. The highest BCUT2D eigenvalue weighted by Crippen LogP contribution is 2.20. The number of hydrogen-bond acceptors (Lipinski definition) is 2. The van der Waals surface area contributed by atoms with Crippen molar-refractivity contribution in [3.05, 3.63) is 48.0 Å². The largest absolute Gasteiger partial charge is 0.290 e. The highest BCUT2D eigenvalue weighted by atomic mass is 15.1. The smallest absolute Gasteiger partial charge is 0.103 e. The van der Waals surface area contributed by atoms with Gasteiger partial charge in [0.25, 0.3) is 0 Å². The van der Waals surface area contributed by atoms with Gasteiger partial charge in [-0.2, -0.15) is 0 Å². The maximum absolute atomic E-state index is 4.40. The first-order valence-corrected chi connectivity index (χ1v) is 5.65. The number of aliphatic imine (C=N–C) groups is 1. The van der Waals surface area contributed by atoms with Crippen molar-refractivity contribution in [3.63, 3.8) is 0 Å². The summed E-state index contributed by atoms with van der Waals surface area (Å²) >= 11 is 0. The Morgan fingerprint density at radius 2 is 2.00 bits per heavy atom. The molecule has 1 N–H and O–H groups in total. The Bertz CT molecular complexity index is 526. The molecule has 3 rings (SSSR count). The van der Waals surface area contributed by atoms with Gasteiger partial charge in [-0.1, -0.05) is 42.5 Å². The van der Waals surface area contributed by atoms with Crippen LogP contribution >= 0.6 is 0 Å². The van der Waals surface area contributed by atoms with Gasteiger partial charge in [-0.15, -0.1) is 0 Å². The second-order valence-electron chi connectivity index (χ2n) is 4.10. The van der Waals surface area contributed by atoms with E-state index in [2.05, 4.69) is 52.8 Å². The molecule has 2 heteroatoms. The van der Waals surface area contributed by atoms with E-state index in [0.717, 1.165) is 13.0 Å². The van der Waals surface area contributed by atoms with Crippen LogP contribution in [-0.4, -0.2) is 18.9 Å². The molecular weight excluding hydrogens is 196 g/mol. The molecule has 1 heterocycles. The zero-order valence-corrected chi connectivity index (χ0v) is 9.06. The normalized spacial score (nSPS) is 19.4. The number of nitrogens with zero attached hydrogens (tertiary/aromatic N) is 1. The second kappa shape index (κ2) is 4.06. The quantitative estimate of drug-likeness (QED) is 0.808. The van der Waals surface area contributed by atoms with Crippen LogP contribution in [0, 0.1) is 0 Å². The molecule has 80 valence electrons. The van der Waals surface area contributed by atoms with Gasteiger partial charge in [-0.05, 0) is 16.3 Å². The van der Waals surface area contributed by atoms with Crippen molar-refractivity contribution >= 4 is 17.0 Å². The van der Waals surface area contributed by atoms with Gasteiger partial charge in [-0.25, -0.2) is 0 Å². The molecule has 1 aliphatic rings. The Balaban J connectivity index is 1.99. The molecule has 0 aliphatic carbocycles. The van der Waals surface area contributed by atoms with Crippen molar-refractivity contribution in [2.45, 2.75) is 12.6 Å². The lowest BCUT2D eigenvalue weighted by atomic mass is 10.0. The maximum atomic E-state index is 4.40. The van der Waals surface area contributed by atoms with Crippen molar-refractivity contribution in [1.29, 1.82) is 0 Å².